The van der Waals surface area contributed by atoms with Crippen LogP contribution in [-0.4, -0.2) is 41.3 Å². The van der Waals surface area contributed by atoms with Gasteiger partial charge in [-0.3, -0.25) is 4.84 Å². The van der Waals surface area contributed by atoms with Crippen LogP contribution in [0.4, 0.5) is 0 Å². The van der Waals surface area contributed by atoms with E-state index >= 15 is 0 Å². The zero-order valence-electron chi connectivity index (χ0n) is 14.0. The lowest BCUT2D eigenvalue weighted by molar-refractivity contribution is -0.191. The molecule has 2 aromatic rings. The summed E-state index contributed by atoms with van der Waals surface area (Å²) in [5.74, 6) is 0. The lowest BCUT2D eigenvalue weighted by Gasteiger charge is -2.26. The monoisotopic (exact) mass is 341 g/mol. The number of fused-ring (bicyclic) bond motifs is 1. The van der Waals surface area contributed by atoms with Crippen LogP contribution in [0, 0.1) is 0 Å². The van der Waals surface area contributed by atoms with Gasteiger partial charge in [-0.2, -0.15) is 5.06 Å². The largest absolute Gasteiger partial charge is 0.375 e. The molecule has 1 unspecified atom stereocenters. The van der Waals surface area contributed by atoms with Crippen LogP contribution in [0.1, 0.15) is 17.5 Å². The van der Waals surface area contributed by atoms with Gasteiger partial charge in [-0.1, -0.05) is 60.7 Å². The van der Waals surface area contributed by atoms with Crippen molar-refractivity contribution in [3.05, 3.63) is 71.8 Å². The van der Waals surface area contributed by atoms with Gasteiger partial charge >= 0.3 is 0 Å². The molecule has 25 heavy (non-hydrogen) atoms. The summed E-state index contributed by atoms with van der Waals surface area (Å²) in [4.78, 5) is 6.04. The second-order valence-corrected chi connectivity index (χ2v) is 6.56. The number of ether oxygens (including phenoxy) is 2. The van der Waals surface area contributed by atoms with E-state index in [4.69, 9.17) is 14.3 Å². The summed E-state index contributed by atoms with van der Waals surface area (Å²) < 4.78 is 11.6. The highest BCUT2D eigenvalue weighted by Crippen LogP contribution is 2.35. The molecule has 0 aromatic heterocycles. The van der Waals surface area contributed by atoms with E-state index in [0.29, 0.717) is 26.2 Å². The lowest BCUT2D eigenvalue weighted by atomic mass is 10.1. The van der Waals surface area contributed by atoms with Gasteiger partial charge < -0.3 is 14.6 Å². The molecule has 0 spiro atoms. The Morgan fingerprint density at radius 1 is 1.00 bits per heavy atom. The van der Waals surface area contributed by atoms with E-state index in [0.717, 1.165) is 5.56 Å². The summed E-state index contributed by atoms with van der Waals surface area (Å²) in [5.41, 5.74) is 2.32. The maximum atomic E-state index is 9.77. The van der Waals surface area contributed by atoms with E-state index in [9.17, 15) is 5.11 Å². The van der Waals surface area contributed by atoms with Crippen molar-refractivity contribution in [2.75, 3.05) is 6.61 Å². The third-order valence-electron chi connectivity index (χ3n) is 4.72. The molecule has 4 atom stereocenters. The number of hydrogen-bond donors (Lipinski definition) is 1. The molecule has 5 heteroatoms. The van der Waals surface area contributed by atoms with E-state index in [-0.39, 0.29) is 18.2 Å². The number of benzene rings is 2. The van der Waals surface area contributed by atoms with Crippen LogP contribution in [-0.2, 0) is 27.5 Å². The van der Waals surface area contributed by atoms with Crippen molar-refractivity contribution in [1.82, 2.24) is 5.06 Å². The molecule has 1 N–H and O–H groups in total. The molecule has 0 amide bonds. The number of rotatable bonds is 6. The van der Waals surface area contributed by atoms with Crippen molar-refractivity contribution in [3.8, 4) is 0 Å². The number of hydroxylamine groups is 2. The molecule has 132 valence electrons. The van der Waals surface area contributed by atoms with Gasteiger partial charge in [0.25, 0.3) is 0 Å². The molecule has 0 saturated carbocycles. The maximum absolute atomic E-state index is 9.77. The second kappa shape index (κ2) is 7.64. The Morgan fingerprint density at radius 3 is 2.40 bits per heavy atom. The lowest BCUT2D eigenvalue weighted by Crippen LogP contribution is -2.40. The molecule has 0 radical (unpaired) electrons. The zero-order valence-corrected chi connectivity index (χ0v) is 14.0. The fourth-order valence-electron chi connectivity index (χ4n) is 3.48. The summed E-state index contributed by atoms with van der Waals surface area (Å²) in [6.45, 7) is 1.72. The number of nitrogens with zero attached hydrogens (tertiary/aromatic N) is 1. The first-order chi connectivity index (χ1) is 12.3. The summed E-state index contributed by atoms with van der Waals surface area (Å²) >= 11 is 0. The van der Waals surface area contributed by atoms with Gasteiger partial charge in [0.15, 0.2) is 6.29 Å². The molecule has 0 aliphatic carbocycles. The molecule has 2 aromatic carbocycles. The van der Waals surface area contributed by atoms with Crippen LogP contribution in [0.15, 0.2) is 60.7 Å². The highest BCUT2D eigenvalue weighted by molar-refractivity contribution is 5.15. The van der Waals surface area contributed by atoms with E-state index in [2.05, 4.69) is 12.1 Å². The van der Waals surface area contributed by atoms with Crippen molar-refractivity contribution >= 4 is 0 Å². The molecule has 2 aliphatic rings. The Bertz CT molecular complexity index is 666. The highest BCUT2D eigenvalue weighted by atomic mass is 16.7. The number of hydrogen-bond acceptors (Lipinski definition) is 5. The van der Waals surface area contributed by atoms with Crippen molar-refractivity contribution < 1.29 is 19.4 Å². The smallest absolute Gasteiger partial charge is 0.157 e. The first kappa shape index (κ1) is 16.7. The Labute approximate surface area is 147 Å². The van der Waals surface area contributed by atoms with Gasteiger partial charge in [0.05, 0.1) is 19.3 Å². The average Bonchev–Trinajstić information content (AvgIpc) is 3.13. The molecule has 5 nitrogen and oxygen atoms in total. The Morgan fingerprint density at radius 2 is 1.68 bits per heavy atom. The predicted octanol–water partition coefficient (Wildman–Crippen LogP) is 2.50. The summed E-state index contributed by atoms with van der Waals surface area (Å²) in [6, 6.07) is 20.3. The molecule has 2 fully saturated rings. The van der Waals surface area contributed by atoms with Crippen LogP contribution in [0.25, 0.3) is 0 Å². The van der Waals surface area contributed by atoms with Crippen molar-refractivity contribution in [3.63, 3.8) is 0 Å². The first-order valence-corrected chi connectivity index (χ1v) is 8.72. The van der Waals surface area contributed by atoms with Gasteiger partial charge in [-0.05, 0) is 11.1 Å². The number of aliphatic hydroxyl groups is 1. The fourth-order valence-corrected chi connectivity index (χ4v) is 3.48. The highest BCUT2D eigenvalue weighted by Gasteiger charge is 2.50. The van der Waals surface area contributed by atoms with Gasteiger partial charge in [-0.15, -0.1) is 0 Å². The van der Waals surface area contributed by atoms with Gasteiger partial charge in [0, 0.05) is 13.0 Å². The zero-order chi connectivity index (χ0) is 17.1. The Balaban J connectivity index is 1.41. The SMILES string of the molecule is OC1C[C@H]2ON(Cc3ccccc3)[C@H](COCc3ccccc3)[C@H]2O1. The molecule has 0 bridgehead atoms. The van der Waals surface area contributed by atoms with Crippen LogP contribution >= 0.6 is 0 Å². The van der Waals surface area contributed by atoms with Crippen molar-refractivity contribution in [2.45, 2.75) is 44.1 Å². The van der Waals surface area contributed by atoms with E-state index < -0.39 is 6.29 Å². The summed E-state index contributed by atoms with van der Waals surface area (Å²) in [5, 5.41) is 11.7. The Kier molecular flexibility index (Phi) is 5.10. The Hall–Kier alpha value is -1.76. The van der Waals surface area contributed by atoms with Gasteiger partial charge in [0.1, 0.15) is 12.2 Å². The average molecular weight is 341 g/mol. The molecule has 2 aliphatic heterocycles. The quantitative estimate of drug-likeness (QED) is 0.875. The first-order valence-electron chi connectivity index (χ1n) is 8.72. The van der Waals surface area contributed by atoms with Gasteiger partial charge in [-0.25, -0.2) is 0 Å². The van der Waals surface area contributed by atoms with Crippen LogP contribution in [0.5, 0.6) is 0 Å². The molecular formula is C20H23NO4. The third-order valence-corrected chi connectivity index (χ3v) is 4.72. The summed E-state index contributed by atoms with van der Waals surface area (Å²) in [6.07, 6.45) is -0.505. The third kappa shape index (κ3) is 3.92. The van der Waals surface area contributed by atoms with Crippen LogP contribution < -0.4 is 0 Å². The minimum absolute atomic E-state index is 0.0360. The standard InChI is InChI=1S/C20H23NO4/c22-19-11-18-20(24-19)17(14-23-13-16-9-5-2-6-10-16)21(25-18)12-15-7-3-1-4-8-15/h1-10,17-20,22H,11-14H2/t17-,18-,19?,20-/m1/s1. The normalized spacial score (nSPS) is 29.0. The van der Waals surface area contributed by atoms with Crippen LogP contribution in [0.3, 0.4) is 0 Å². The second-order valence-electron chi connectivity index (χ2n) is 6.56. The van der Waals surface area contributed by atoms with Gasteiger partial charge in [0.2, 0.25) is 0 Å². The summed E-state index contributed by atoms with van der Waals surface area (Å²) in [7, 11) is 0. The topological polar surface area (TPSA) is 51.2 Å². The minimum Gasteiger partial charge on any atom is -0.375 e. The van der Waals surface area contributed by atoms with Crippen LogP contribution in [0.2, 0.25) is 0 Å². The fraction of sp³-hybridized carbons (Fsp3) is 0.400. The molecular weight excluding hydrogens is 318 g/mol. The van der Waals surface area contributed by atoms with E-state index in [1.165, 1.54) is 5.56 Å². The van der Waals surface area contributed by atoms with Crippen molar-refractivity contribution in [2.24, 2.45) is 0 Å². The van der Waals surface area contributed by atoms with Crippen molar-refractivity contribution in [1.29, 1.82) is 0 Å². The minimum atomic E-state index is -0.745. The maximum Gasteiger partial charge on any atom is 0.157 e. The molecule has 2 heterocycles. The van der Waals surface area contributed by atoms with E-state index in [1.54, 1.807) is 0 Å². The number of aliphatic hydroxyl groups excluding tert-OH is 1. The molecule has 2 saturated heterocycles. The molecule has 4 rings (SSSR count). The predicted molar refractivity (Wildman–Crippen MR) is 92.2 cm³/mol. The van der Waals surface area contributed by atoms with E-state index in [1.807, 2.05) is 53.6 Å².